The van der Waals surface area contributed by atoms with Gasteiger partial charge in [-0.05, 0) is 35.9 Å². The van der Waals surface area contributed by atoms with E-state index in [1.165, 1.54) is 20.3 Å². The molecule has 0 aliphatic rings. The van der Waals surface area contributed by atoms with Gasteiger partial charge in [0.15, 0.2) is 11.5 Å². The number of nitriles is 1. The third kappa shape index (κ3) is 4.41. The molecular weight excluding hydrogens is 399 g/mol. The van der Waals surface area contributed by atoms with Crippen LogP contribution in [0.25, 0.3) is 6.08 Å². The summed E-state index contributed by atoms with van der Waals surface area (Å²) in [7, 11) is 2.92. The summed E-state index contributed by atoms with van der Waals surface area (Å²) < 4.78 is 10.4. The van der Waals surface area contributed by atoms with Gasteiger partial charge in [0.1, 0.15) is 11.6 Å². The average molecular weight is 412 g/mol. The van der Waals surface area contributed by atoms with Crippen molar-refractivity contribution in [3.8, 4) is 17.6 Å². The molecule has 2 aromatic carbocycles. The van der Waals surface area contributed by atoms with Gasteiger partial charge in [-0.25, -0.2) is 0 Å². The summed E-state index contributed by atoms with van der Waals surface area (Å²) in [4.78, 5) is 12.4. The zero-order valence-electron chi connectivity index (χ0n) is 13.8. The molecule has 2 aromatic rings. The molecule has 0 bridgehead atoms. The van der Waals surface area contributed by atoms with Crippen molar-refractivity contribution in [3.63, 3.8) is 0 Å². The second-order valence-corrected chi connectivity index (χ2v) is 6.16. The lowest BCUT2D eigenvalue weighted by molar-refractivity contribution is -0.112. The number of halogens is 3. The maximum atomic E-state index is 12.4. The Balaban J connectivity index is 2.36. The Hall–Kier alpha value is -2.39. The zero-order valence-corrected chi connectivity index (χ0v) is 16.0. The van der Waals surface area contributed by atoms with Crippen LogP contribution in [0.5, 0.6) is 11.5 Å². The van der Waals surface area contributed by atoms with Gasteiger partial charge < -0.3 is 14.8 Å². The second kappa shape index (κ2) is 8.81. The van der Waals surface area contributed by atoms with Crippen LogP contribution in [0, 0.1) is 11.3 Å². The topological polar surface area (TPSA) is 71.3 Å². The van der Waals surface area contributed by atoms with Crippen molar-refractivity contribution >= 4 is 52.5 Å². The predicted molar refractivity (Wildman–Crippen MR) is 103 cm³/mol. The Morgan fingerprint density at radius 2 is 1.88 bits per heavy atom. The zero-order chi connectivity index (χ0) is 19.3. The lowest BCUT2D eigenvalue weighted by atomic mass is 10.1. The maximum absolute atomic E-state index is 12.4. The van der Waals surface area contributed by atoms with Crippen LogP contribution in [0.15, 0.2) is 35.9 Å². The quantitative estimate of drug-likeness (QED) is 0.541. The highest BCUT2D eigenvalue weighted by atomic mass is 35.5. The number of ether oxygens (including phenoxy) is 2. The van der Waals surface area contributed by atoms with Crippen molar-refractivity contribution in [2.75, 3.05) is 19.5 Å². The van der Waals surface area contributed by atoms with E-state index in [2.05, 4.69) is 5.32 Å². The molecule has 0 saturated heterocycles. The molecule has 26 heavy (non-hydrogen) atoms. The Labute approximate surface area is 165 Å². The van der Waals surface area contributed by atoms with Crippen LogP contribution in [-0.4, -0.2) is 20.1 Å². The first-order valence-electron chi connectivity index (χ1n) is 7.20. The van der Waals surface area contributed by atoms with Crippen LogP contribution < -0.4 is 14.8 Å². The maximum Gasteiger partial charge on any atom is 0.266 e. The molecule has 1 amide bonds. The molecule has 0 heterocycles. The largest absolute Gasteiger partial charge is 0.493 e. The van der Waals surface area contributed by atoms with Gasteiger partial charge in [0.2, 0.25) is 0 Å². The number of nitrogens with one attached hydrogen (secondary N) is 1. The minimum absolute atomic E-state index is 0.149. The Bertz CT molecular complexity index is 921. The summed E-state index contributed by atoms with van der Waals surface area (Å²) >= 11 is 18.1. The molecule has 0 aromatic heterocycles. The highest BCUT2D eigenvalue weighted by Crippen LogP contribution is 2.36. The molecule has 134 valence electrons. The molecular formula is C18H13Cl3N2O3. The van der Waals surface area contributed by atoms with Crippen molar-refractivity contribution < 1.29 is 14.3 Å². The monoisotopic (exact) mass is 410 g/mol. The van der Waals surface area contributed by atoms with Crippen LogP contribution in [0.2, 0.25) is 15.1 Å². The van der Waals surface area contributed by atoms with E-state index >= 15 is 0 Å². The molecule has 0 aliphatic carbocycles. The Kier molecular flexibility index (Phi) is 6.76. The summed E-state index contributed by atoms with van der Waals surface area (Å²) in [5.74, 6) is 0.101. The number of carbonyl (C=O) groups is 1. The van der Waals surface area contributed by atoms with Gasteiger partial charge in [0.25, 0.3) is 5.91 Å². The Morgan fingerprint density at radius 3 is 2.50 bits per heavy atom. The molecule has 0 atom stereocenters. The van der Waals surface area contributed by atoms with Gasteiger partial charge in [-0.3, -0.25) is 4.79 Å². The summed E-state index contributed by atoms with van der Waals surface area (Å²) in [6.07, 6.45) is 1.38. The van der Waals surface area contributed by atoms with E-state index < -0.39 is 5.91 Å². The number of benzene rings is 2. The molecule has 5 nitrogen and oxygen atoms in total. The minimum atomic E-state index is -0.637. The third-order valence-electron chi connectivity index (χ3n) is 3.33. The molecule has 1 N–H and O–H groups in total. The third-order valence-corrected chi connectivity index (χ3v) is 4.43. The number of hydrogen-bond donors (Lipinski definition) is 1. The van der Waals surface area contributed by atoms with Crippen LogP contribution in [0.3, 0.4) is 0 Å². The number of nitrogens with zero attached hydrogens (tertiary/aromatic N) is 1. The van der Waals surface area contributed by atoms with E-state index in [0.717, 1.165) is 0 Å². The fraction of sp³-hybridized carbons (Fsp3) is 0.111. The molecule has 8 heteroatoms. The summed E-state index contributed by atoms with van der Waals surface area (Å²) in [5.41, 5.74) is 0.650. The van der Waals surface area contributed by atoms with Gasteiger partial charge in [0, 0.05) is 0 Å². The van der Waals surface area contributed by atoms with Crippen molar-refractivity contribution in [3.05, 3.63) is 56.5 Å². The van der Waals surface area contributed by atoms with E-state index in [1.807, 2.05) is 6.07 Å². The fourth-order valence-corrected chi connectivity index (χ4v) is 2.77. The van der Waals surface area contributed by atoms with Gasteiger partial charge in [0.05, 0.1) is 35.0 Å². The lowest BCUT2D eigenvalue weighted by Crippen LogP contribution is -2.13. The van der Waals surface area contributed by atoms with Crippen molar-refractivity contribution in [2.24, 2.45) is 0 Å². The van der Waals surface area contributed by atoms with Crippen LogP contribution >= 0.6 is 34.8 Å². The van der Waals surface area contributed by atoms with Crippen LogP contribution in [0.1, 0.15) is 5.56 Å². The highest BCUT2D eigenvalue weighted by Gasteiger charge is 2.15. The van der Waals surface area contributed by atoms with E-state index in [4.69, 9.17) is 44.3 Å². The summed E-state index contributed by atoms with van der Waals surface area (Å²) in [6, 6.07) is 9.80. The number of methoxy groups -OCH3 is 2. The van der Waals surface area contributed by atoms with Crippen LogP contribution in [0.4, 0.5) is 5.69 Å². The Morgan fingerprint density at radius 1 is 1.15 bits per heavy atom. The standard InChI is InChI=1S/C18H13Cl3N2O3/c1-25-15-8-10(7-13(20)17(15)26-2)6-11(9-22)18(24)23-14-5-3-4-12(19)16(14)21/h3-8H,1-2H3,(H,23,24)/b11-6-. The highest BCUT2D eigenvalue weighted by molar-refractivity contribution is 6.44. The molecule has 0 saturated carbocycles. The summed E-state index contributed by atoms with van der Waals surface area (Å²) in [5, 5.41) is 12.6. The molecule has 0 radical (unpaired) electrons. The van der Waals surface area contributed by atoms with Crippen molar-refractivity contribution in [2.45, 2.75) is 0 Å². The first-order chi connectivity index (χ1) is 12.4. The molecule has 0 spiro atoms. The average Bonchev–Trinajstić information content (AvgIpc) is 2.62. The van der Waals surface area contributed by atoms with E-state index in [9.17, 15) is 10.1 Å². The normalized spacial score (nSPS) is 10.8. The number of carbonyl (C=O) groups excluding carboxylic acids is 1. The van der Waals surface area contributed by atoms with Crippen molar-refractivity contribution in [1.82, 2.24) is 0 Å². The smallest absolute Gasteiger partial charge is 0.266 e. The second-order valence-electron chi connectivity index (χ2n) is 4.96. The van der Waals surface area contributed by atoms with Crippen LogP contribution in [-0.2, 0) is 4.79 Å². The van der Waals surface area contributed by atoms with Gasteiger partial charge in [-0.15, -0.1) is 0 Å². The molecule has 0 fully saturated rings. The number of rotatable bonds is 5. The first kappa shape index (κ1) is 19.9. The molecule has 0 aliphatic heterocycles. The fourth-order valence-electron chi connectivity index (χ4n) is 2.13. The van der Waals surface area contributed by atoms with Gasteiger partial charge in [-0.1, -0.05) is 40.9 Å². The van der Waals surface area contributed by atoms with Gasteiger partial charge in [-0.2, -0.15) is 5.26 Å². The SMILES string of the molecule is COc1cc(/C=C(/C#N)C(=O)Nc2cccc(Cl)c2Cl)cc(Cl)c1OC. The van der Waals surface area contributed by atoms with E-state index in [0.29, 0.717) is 27.8 Å². The first-order valence-corrected chi connectivity index (χ1v) is 8.33. The lowest BCUT2D eigenvalue weighted by Gasteiger charge is -2.11. The number of anilines is 1. The van der Waals surface area contributed by atoms with E-state index in [-0.39, 0.29) is 15.6 Å². The van der Waals surface area contributed by atoms with E-state index in [1.54, 1.807) is 30.3 Å². The number of hydrogen-bond acceptors (Lipinski definition) is 4. The molecule has 0 unspecified atom stereocenters. The number of amides is 1. The molecule has 2 rings (SSSR count). The summed E-state index contributed by atoms with van der Waals surface area (Å²) in [6.45, 7) is 0. The van der Waals surface area contributed by atoms with Crippen molar-refractivity contribution in [1.29, 1.82) is 5.26 Å². The predicted octanol–water partition coefficient (Wildman–Crippen LogP) is 5.21. The minimum Gasteiger partial charge on any atom is -0.493 e. The van der Waals surface area contributed by atoms with Gasteiger partial charge >= 0.3 is 0 Å².